The van der Waals surface area contributed by atoms with Crippen molar-refractivity contribution in [3.63, 3.8) is 0 Å². The number of furan rings is 1. The SMILES string of the molecule is CN(C)CCOc1cccc(-c2ccc([N+](=O)[O-])o2)n1. The van der Waals surface area contributed by atoms with Gasteiger partial charge in [-0.05, 0) is 26.2 Å². The molecule has 0 spiro atoms. The molecule has 0 fully saturated rings. The van der Waals surface area contributed by atoms with Gasteiger partial charge in [0, 0.05) is 12.6 Å². The first-order valence-electron chi connectivity index (χ1n) is 6.05. The number of nitrogens with zero attached hydrogens (tertiary/aromatic N) is 3. The molecule has 0 N–H and O–H groups in total. The van der Waals surface area contributed by atoms with Crippen molar-refractivity contribution < 1.29 is 14.1 Å². The molecule has 0 aliphatic carbocycles. The van der Waals surface area contributed by atoms with Crippen LogP contribution in [0.5, 0.6) is 5.88 Å². The van der Waals surface area contributed by atoms with Gasteiger partial charge in [0.05, 0.1) is 6.07 Å². The van der Waals surface area contributed by atoms with Gasteiger partial charge in [0.25, 0.3) is 0 Å². The number of likely N-dealkylation sites (N-methyl/N-ethyl adjacent to an activating group) is 1. The van der Waals surface area contributed by atoms with E-state index >= 15 is 0 Å². The summed E-state index contributed by atoms with van der Waals surface area (Å²) >= 11 is 0. The van der Waals surface area contributed by atoms with Crippen molar-refractivity contribution in [3.8, 4) is 17.3 Å². The summed E-state index contributed by atoms with van der Waals surface area (Å²) in [4.78, 5) is 16.3. The lowest BCUT2D eigenvalue weighted by molar-refractivity contribution is -0.401. The third-order valence-corrected chi connectivity index (χ3v) is 2.54. The van der Waals surface area contributed by atoms with E-state index in [0.29, 0.717) is 23.9 Å². The Morgan fingerprint density at radius 2 is 2.15 bits per heavy atom. The van der Waals surface area contributed by atoms with E-state index in [9.17, 15) is 10.1 Å². The first-order valence-corrected chi connectivity index (χ1v) is 6.05. The molecule has 2 aromatic rings. The van der Waals surface area contributed by atoms with Gasteiger partial charge in [-0.25, -0.2) is 4.98 Å². The molecule has 2 rings (SSSR count). The minimum atomic E-state index is -0.582. The fourth-order valence-corrected chi connectivity index (χ4v) is 1.53. The van der Waals surface area contributed by atoms with E-state index in [4.69, 9.17) is 9.15 Å². The van der Waals surface area contributed by atoms with Gasteiger partial charge in [0.1, 0.15) is 17.2 Å². The van der Waals surface area contributed by atoms with Crippen LogP contribution in [0.1, 0.15) is 0 Å². The summed E-state index contributed by atoms with van der Waals surface area (Å²) in [5.74, 6) is 0.499. The summed E-state index contributed by atoms with van der Waals surface area (Å²) in [6.07, 6.45) is 0. The van der Waals surface area contributed by atoms with Crippen LogP contribution in [0.4, 0.5) is 5.88 Å². The van der Waals surface area contributed by atoms with Crippen molar-refractivity contribution in [2.75, 3.05) is 27.2 Å². The quantitative estimate of drug-likeness (QED) is 0.594. The molecule has 0 aromatic carbocycles. The summed E-state index contributed by atoms with van der Waals surface area (Å²) in [7, 11) is 3.91. The van der Waals surface area contributed by atoms with Crippen molar-refractivity contribution in [2.24, 2.45) is 0 Å². The maximum atomic E-state index is 10.6. The van der Waals surface area contributed by atoms with E-state index in [2.05, 4.69) is 4.98 Å². The molecule has 2 heterocycles. The number of ether oxygens (including phenoxy) is 1. The van der Waals surface area contributed by atoms with E-state index in [1.165, 1.54) is 12.1 Å². The highest BCUT2D eigenvalue weighted by atomic mass is 16.6. The Morgan fingerprint density at radius 1 is 1.35 bits per heavy atom. The van der Waals surface area contributed by atoms with Crippen molar-refractivity contribution >= 4 is 5.88 Å². The lowest BCUT2D eigenvalue weighted by Crippen LogP contribution is -2.19. The van der Waals surface area contributed by atoms with Crippen LogP contribution < -0.4 is 4.74 Å². The smallest absolute Gasteiger partial charge is 0.433 e. The fraction of sp³-hybridized carbons (Fsp3) is 0.308. The largest absolute Gasteiger partial charge is 0.476 e. The van der Waals surface area contributed by atoms with E-state index < -0.39 is 4.92 Å². The monoisotopic (exact) mass is 277 g/mol. The third kappa shape index (κ3) is 3.55. The second kappa shape index (κ2) is 6.16. The van der Waals surface area contributed by atoms with Gasteiger partial charge in [0.15, 0.2) is 5.76 Å². The Labute approximate surface area is 115 Å². The van der Waals surface area contributed by atoms with E-state index in [-0.39, 0.29) is 5.88 Å². The lowest BCUT2D eigenvalue weighted by atomic mass is 10.3. The molecule has 0 atom stereocenters. The Kier molecular flexibility index (Phi) is 4.31. The minimum absolute atomic E-state index is 0.305. The molecule has 0 amide bonds. The molecule has 0 aliphatic rings. The highest BCUT2D eigenvalue weighted by Gasteiger charge is 2.14. The predicted octanol–water partition coefficient (Wildman–Crippen LogP) is 2.19. The molecule has 106 valence electrons. The summed E-state index contributed by atoms with van der Waals surface area (Å²) in [5.41, 5.74) is 0.500. The number of nitro groups is 1. The summed E-state index contributed by atoms with van der Waals surface area (Å²) in [5, 5.41) is 10.6. The summed E-state index contributed by atoms with van der Waals surface area (Å²) in [6.45, 7) is 1.29. The van der Waals surface area contributed by atoms with Crippen LogP contribution in [0.3, 0.4) is 0 Å². The van der Waals surface area contributed by atoms with Crippen LogP contribution in [-0.2, 0) is 0 Å². The summed E-state index contributed by atoms with van der Waals surface area (Å²) in [6, 6.07) is 8.03. The van der Waals surface area contributed by atoms with E-state index in [1.807, 2.05) is 19.0 Å². The topological polar surface area (TPSA) is 81.6 Å². The first kappa shape index (κ1) is 14.0. The zero-order valence-electron chi connectivity index (χ0n) is 11.3. The van der Waals surface area contributed by atoms with Crippen molar-refractivity contribution in [3.05, 3.63) is 40.4 Å². The third-order valence-electron chi connectivity index (χ3n) is 2.54. The number of hydrogen-bond acceptors (Lipinski definition) is 6. The van der Waals surface area contributed by atoms with Crippen molar-refractivity contribution in [2.45, 2.75) is 0 Å². The maximum Gasteiger partial charge on any atom is 0.433 e. The second-order valence-electron chi connectivity index (χ2n) is 4.41. The number of pyridine rings is 1. The van der Waals surface area contributed by atoms with Crippen LogP contribution in [0.2, 0.25) is 0 Å². The van der Waals surface area contributed by atoms with Crippen molar-refractivity contribution in [1.82, 2.24) is 9.88 Å². The maximum absolute atomic E-state index is 10.6. The fourth-order valence-electron chi connectivity index (χ4n) is 1.53. The van der Waals surface area contributed by atoms with Gasteiger partial charge in [-0.3, -0.25) is 10.1 Å². The molecule has 0 aliphatic heterocycles. The van der Waals surface area contributed by atoms with Crippen LogP contribution >= 0.6 is 0 Å². The zero-order chi connectivity index (χ0) is 14.5. The van der Waals surface area contributed by atoms with Gasteiger partial charge in [0.2, 0.25) is 5.88 Å². The van der Waals surface area contributed by atoms with E-state index in [1.54, 1.807) is 18.2 Å². The molecule has 2 aromatic heterocycles. The highest BCUT2D eigenvalue weighted by molar-refractivity contribution is 5.54. The number of rotatable bonds is 6. The van der Waals surface area contributed by atoms with Gasteiger partial charge in [-0.2, -0.15) is 0 Å². The highest BCUT2D eigenvalue weighted by Crippen LogP contribution is 2.25. The molecule has 0 radical (unpaired) electrons. The zero-order valence-corrected chi connectivity index (χ0v) is 11.3. The molecule has 7 nitrogen and oxygen atoms in total. The van der Waals surface area contributed by atoms with Gasteiger partial charge < -0.3 is 14.1 Å². The number of aromatic nitrogens is 1. The predicted molar refractivity (Wildman–Crippen MR) is 72.6 cm³/mol. The molecule has 0 bridgehead atoms. The van der Waals surface area contributed by atoms with Gasteiger partial charge >= 0.3 is 5.88 Å². The van der Waals surface area contributed by atoms with Crippen LogP contribution in [0.15, 0.2) is 34.7 Å². The molecule has 0 saturated carbocycles. The molecule has 7 heteroatoms. The average molecular weight is 277 g/mol. The number of hydrogen-bond donors (Lipinski definition) is 0. The van der Waals surface area contributed by atoms with Crippen molar-refractivity contribution in [1.29, 1.82) is 0 Å². The molecule has 20 heavy (non-hydrogen) atoms. The molecule has 0 saturated heterocycles. The van der Waals surface area contributed by atoms with E-state index in [0.717, 1.165) is 6.54 Å². The molecular weight excluding hydrogens is 262 g/mol. The minimum Gasteiger partial charge on any atom is -0.476 e. The van der Waals surface area contributed by atoms with Crippen LogP contribution in [-0.4, -0.2) is 42.1 Å². The lowest BCUT2D eigenvalue weighted by Gasteiger charge is -2.10. The molecular formula is C13H15N3O4. The van der Waals surface area contributed by atoms with Gasteiger partial charge in [-0.1, -0.05) is 6.07 Å². The molecule has 0 unspecified atom stereocenters. The summed E-state index contributed by atoms with van der Waals surface area (Å²) < 4.78 is 10.6. The van der Waals surface area contributed by atoms with Crippen LogP contribution in [0, 0.1) is 10.1 Å². The average Bonchev–Trinajstić information content (AvgIpc) is 2.88. The van der Waals surface area contributed by atoms with Gasteiger partial charge in [-0.15, -0.1) is 0 Å². The Morgan fingerprint density at radius 3 is 2.80 bits per heavy atom. The normalized spacial score (nSPS) is 10.8. The van der Waals surface area contributed by atoms with Crippen LogP contribution in [0.25, 0.3) is 11.5 Å². The Bertz CT molecular complexity index is 595. The Balaban J connectivity index is 2.10. The first-order chi connectivity index (χ1) is 9.56. The Hall–Kier alpha value is -2.41. The standard InChI is InChI=1S/C13H15N3O4/c1-15(2)8-9-19-12-5-3-4-10(14-12)11-6-7-13(20-11)16(17)18/h3-7H,8-9H2,1-2H3. The second-order valence-corrected chi connectivity index (χ2v) is 4.41.